The first kappa shape index (κ1) is 26.7. The van der Waals surface area contributed by atoms with Gasteiger partial charge in [0.25, 0.3) is 0 Å². The highest BCUT2D eigenvalue weighted by Gasteiger charge is 2.62. The second-order valence-corrected chi connectivity index (χ2v) is 10.1. The minimum absolute atomic E-state index is 0.0186. The summed E-state index contributed by atoms with van der Waals surface area (Å²) in [7, 11) is 23.7. The second-order valence-electron chi connectivity index (χ2n) is 9.04. The minimum atomic E-state index is -3.41. The van der Waals surface area contributed by atoms with Crippen molar-refractivity contribution in [2.75, 3.05) is 18.2 Å². The lowest BCUT2D eigenvalue weighted by Gasteiger charge is -2.52. The van der Waals surface area contributed by atoms with E-state index in [0.717, 1.165) is 17.4 Å². The maximum Gasteiger partial charge on any atom is 0.342 e. The van der Waals surface area contributed by atoms with Crippen LogP contribution < -0.4 is 10.3 Å². The van der Waals surface area contributed by atoms with Gasteiger partial charge in [0, 0.05) is 6.54 Å². The van der Waals surface area contributed by atoms with Gasteiger partial charge in [0.05, 0.1) is 31.3 Å². The molecule has 17 heteroatoms. The number of fused-ring (bicyclic) bond motifs is 5. The first-order valence-electron chi connectivity index (χ1n) is 10.9. The first-order chi connectivity index (χ1) is 17.6. The smallest absolute Gasteiger partial charge is 0.342 e. The monoisotopic (exact) mass is 528 g/mol. The maximum atomic E-state index is 13.2. The van der Waals surface area contributed by atoms with Crippen molar-refractivity contribution in [3.05, 3.63) is 52.2 Å². The molecule has 0 spiro atoms. The standard InChI is InChI=1S/C21H16B4N4O8S/c22-18(23)7-27(19(24,34)20(25,35)28(8-30)21(18,36)37)12-6-5-9-14(31)13(17(32)33)16-29(15(9)26-12)10-3-1-2-4-11(10)38-16/h1-6,30,34-37H,7-8H2,(H,32,33). The van der Waals surface area contributed by atoms with Crippen LogP contribution in [0, 0.1) is 0 Å². The van der Waals surface area contributed by atoms with Gasteiger partial charge >= 0.3 is 5.97 Å². The molecular weight excluding hydrogens is 512 g/mol. The van der Waals surface area contributed by atoms with Crippen LogP contribution in [-0.2, 0) is 0 Å². The zero-order chi connectivity index (χ0) is 28.0. The van der Waals surface area contributed by atoms with E-state index in [-0.39, 0.29) is 26.6 Å². The van der Waals surface area contributed by atoms with Crippen molar-refractivity contribution in [3.63, 3.8) is 0 Å². The molecule has 6 N–H and O–H groups in total. The molecule has 4 heterocycles. The highest BCUT2D eigenvalue weighted by molar-refractivity contribution is 7.24. The number of anilines is 1. The van der Waals surface area contributed by atoms with Crippen molar-refractivity contribution in [2.24, 2.45) is 0 Å². The third kappa shape index (κ3) is 3.40. The number of hydrogen-bond donors (Lipinski definition) is 6. The predicted octanol–water partition coefficient (Wildman–Crippen LogP) is -2.45. The molecule has 2 atom stereocenters. The number of aromatic carboxylic acids is 1. The molecule has 3 aromatic heterocycles. The molecule has 2 unspecified atom stereocenters. The molecule has 12 nitrogen and oxygen atoms in total. The molecule has 8 radical (unpaired) electrons. The van der Waals surface area contributed by atoms with Crippen molar-refractivity contribution < 1.29 is 35.4 Å². The average Bonchev–Trinajstić information content (AvgIpc) is 3.19. The largest absolute Gasteiger partial charge is 0.477 e. The lowest BCUT2D eigenvalue weighted by molar-refractivity contribution is -0.338. The molecule has 0 bridgehead atoms. The molecule has 0 amide bonds. The lowest BCUT2D eigenvalue weighted by atomic mass is 9.51. The van der Waals surface area contributed by atoms with E-state index in [1.54, 1.807) is 24.3 Å². The van der Waals surface area contributed by atoms with E-state index in [9.17, 15) is 40.2 Å². The normalized spacial score (nSPS) is 25.7. The Balaban J connectivity index is 1.85. The Hall–Kier alpha value is -2.91. The zero-order valence-electron chi connectivity index (χ0n) is 19.4. The van der Waals surface area contributed by atoms with Gasteiger partial charge in [-0.2, -0.15) is 0 Å². The maximum absolute atomic E-state index is 13.2. The number of carboxylic acids is 1. The van der Waals surface area contributed by atoms with Crippen LogP contribution in [0.4, 0.5) is 5.82 Å². The summed E-state index contributed by atoms with van der Waals surface area (Å²) in [4.78, 5) is 30.4. The highest BCUT2D eigenvalue weighted by atomic mass is 32.1. The molecule has 1 aliphatic rings. The van der Waals surface area contributed by atoms with Crippen LogP contribution in [0.5, 0.6) is 0 Å². The Bertz CT molecular complexity index is 1690. The average molecular weight is 528 g/mol. The van der Waals surface area contributed by atoms with Gasteiger partial charge in [0.15, 0.2) is 5.65 Å². The fourth-order valence-electron chi connectivity index (χ4n) is 4.55. The molecule has 1 fully saturated rings. The van der Waals surface area contributed by atoms with Crippen molar-refractivity contribution in [1.29, 1.82) is 0 Å². The molecule has 5 rings (SSSR count). The van der Waals surface area contributed by atoms with E-state index in [1.165, 1.54) is 10.5 Å². The fourth-order valence-corrected chi connectivity index (χ4v) is 5.73. The number of rotatable bonds is 3. The molecule has 1 aliphatic heterocycles. The number of carbonyl (C=O) groups is 1. The number of benzene rings is 1. The summed E-state index contributed by atoms with van der Waals surface area (Å²) < 4.78 is 2.08. The van der Waals surface area contributed by atoms with Crippen molar-refractivity contribution >= 4 is 80.6 Å². The topological polar surface area (TPSA) is 179 Å². The van der Waals surface area contributed by atoms with Crippen LogP contribution in [-0.4, -0.2) is 113 Å². The van der Waals surface area contributed by atoms with E-state index < -0.39 is 52.6 Å². The van der Waals surface area contributed by atoms with Crippen LogP contribution in [0.2, 0.25) is 5.21 Å². The highest BCUT2D eigenvalue weighted by Crippen LogP contribution is 2.45. The van der Waals surface area contributed by atoms with Crippen LogP contribution >= 0.6 is 11.3 Å². The number of hydrogen-bond acceptors (Lipinski definition) is 11. The van der Waals surface area contributed by atoms with E-state index in [1.807, 2.05) is 0 Å². The number of thiazole rings is 1. The second kappa shape index (κ2) is 8.29. The van der Waals surface area contributed by atoms with Gasteiger partial charge in [-0.1, -0.05) is 12.1 Å². The summed E-state index contributed by atoms with van der Waals surface area (Å²) in [5, 5.41) is 60.1. The lowest BCUT2D eigenvalue weighted by Crippen LogP contribution is -2.75. The molecule has 186 valence electrons. The van der Waals surface area contributed by atoms with Gasteiger partial charge < -0.3 is 35.5 Å². The number of aromatic nitrogens is 2. The van der Waals surface area contributed by atoms with Crippen molar-refractivity contribution in [2.45, 2.75) is 22.4 Å². The Labute approximate surface area is 223 Å². The Morgan fingerprint density at radius 2 is 1.68 bits per heavy atom. The molecule has 4 aromatic rings. The summed E-state index contributed by atoms with van der Waals surface area (Å²) in [6, 6.07) is 9.20. The van der Waals surface area contributed by atoms with Gasteiger partial charge in [-0.15, -0.1) is 11.3 Å². The quantitative estimate of drug-likeness (QED) is 0.123. The summed E-state index contributed by atoms with van der Waals surface area (Å²) in [6.45, 7) is -2.26. The van der Waals surface area contributed by atoms with Gasteiger partial charge in [0.2, 0.25) is 11.3 Å². The van der Waals surface area contributed by atoms with E-state index in [0.29, 0.717) is 15.1 Å². The molecule has 0 aliphatic carbocycles. The van der Waals surface area contributed by atoms with Crippen LogP contribution in [0.25, 0.3) is 26.1 Å². The summed E-state index contributed by atoms with van der Waals surface area (Å²) >= 11 is 1.05. The molecule has 1 saturated heterocycles. The van der Waals surface area contributed by atoms with E-state index in [2.05, 4.69) is 4.98 Å². The Kier molecular flexibility index (Phi) is 5.82. The Morgan fingerprint density at radius 1 is 1.03 bits per heavy atom. The number of nitrogens with zero attached hydrogens (tertiary/aromatic N) is 4. The molecule has 1 aromatic carbocycles. The number of aliphatic hydroxyl groups is 5. The van der Waals surface area contributed by atoms with Crippen LogP contribution in [0.15, 0.2) is 41.2 Å². The predicted molar refractivity (Wildman–Crippen MR) is 140 cm³/mol. The van der Waals surface area contributed by atoms with Gasteiger partial charge in [0.1, 0.15) is 49.9 Å². The summed E-state index contributed by atoms with van der Waals surface area (Å²) in [6.07, 6.45) is 0. The van der Waals surface area contributed by atoms with Crippen molar-refractivity contribution in [3.8, 4) is 0 Å². The zero-order valence-corrected chi connectivity index (χ0v) is 20.2. The Morgan fingerprint density at radius 3 is 2.32 bits per heavy atom. The van der Waals surface area contributed by atoms with E-state index >= 15 is 0 Å². The molecule has 0 saturated carbocycles. The first-order valence-corrected chi connectivity index (χ1v) is 11.7. The van der Waals surface area contributed by atoms with Crippen LogP contribution in [0.1, 0.15) is 10.4 Å². The van der Waals surface area contributed by atoms with E-state index in [4.69, 9.17) is 31.4 Å². The fraction of sp³-hybridized carbons (Fsp3) is 0.286. The SMILES string of the molecule is [B]C1([B])CN(c2ccc3c(=O)c(C(=O)O)c4sc5ccccc5n4c3n2)C([B])(O)C([B])(O)N(CO)C1(O)O. The third-order valence-corrected chi connectivity index (χ3v) is 7.84. The minimum Gasteiger partial charge on any atom is -0.477 e. The van der Waals surface area contributed by atoms with Gasteiger partial charge in [-0.25, -0.2) is 14.7 Å². The van der Waals surface area contributed by atoms with Gasteiger partial charge in [-0.05, 0) is 29.5 Å². The van der Waals surface area contributed by atoms with Crippen LogP contribution in [0.3, 0.4) is 0 Å². The number of carboxylic acid groups (broad SMARTS) is 1. The number of aliphatic hydroxyl groups excluding tert-OH is 1. The summed E-state index contributed by atoms with van der Waals surface area (Å²) in [5.74, 6) is -5.15. The van der Waals surface area contributed by atoms with Gasteiger partial charge in [-0.3, -0.25) is 9.20 Å². The number of para-hydroxylation sites is 1. The summed E-state index contributed by atoms with van der Waals surface area (Å²) in [5.41, 5.74) is -7.26. The third-order valence-electron chi connectivity index (χ3n) is 6.69. The number of pyridine rings is 2. The molecular formula is C21H16B4N4O8S. The molecule has 38 heavy (non-hydrogen) atoms. The van der Waals surface area contributed by atoms with Crippen molar-refractivity contribution in [1.82, 2.24) is 14.3 Å².